The van der Waals surface area contributed by atoms with Crippen LogP contribution in [0.15, 0.2) is 36.4 Å². The molecule has 0 bridgehead atoms. The van der Waals surface area contributed by atoms with E-state index in [-0.39, 0.29) is 5.56 Å². The van der Waals surface area contributed by atoms with Crippen LogP contribution in [0, 0.1) is 18.6 Å². The Labute approximate surface area is 121 Å². The van der Waals surface area contributed by atoms with Gasteiger partial charge in [-0.2, -0.15) is 0 Å². The summed E-state index contributed by atoms with van der Waals surface area (Å²) >= 11 is 0. The second-order valence-corrected chi connectivity index (χ2v) is 5.36. The van der Waals surface area contributed by atoms with Crippen LogP contribution in [0.2, 0.25) is 0 Å². The molecule has 5 heteroatoms. The Morgan fingerprint density at radius 1 is 1.24 bits per heavy atom. The number of aliphatic hydroxyl groups is 1. The summed E-state index contributed by atoms with van der Waals surface area (Å²) in [6.07, 6.45) is -0.226. The molecule has 0 amide bonds. The third kappa shape index (κ3) is 2.74. The van der Waals surface area contributed by atoms with Gasteiger partial charge in [0.15, 0.2) is 0 Å². The van der Waals surface area contributed by atoms with E-state index in [1.807, 2.05) is 30.0 Å². The van der Waals surface area contributed by atoms with Crippen LogP contribution in [0.25, 0.3) is 0 Å². The van der Waals surface area contributed by atoms with Crippen molar-refractivity contribution in [3.05, 3.63) is 59.3 Å². The molecule has 1 aromatic heterocycles. The molecule has 0 aliphatic carbocycles. The Bertz CT molecular complexity index is 662. The molecule has 2 aromatic rings. The number of nitrogens with zero attached hydrogens (tertiary/aromatic N) is 2. The summed E-state index contributed by atoms with van der Waals surface area (Å²) in [5.41, 5.74) is 1.10. The Kier molecular flexibility index (Phi) is 3.59. The number of hydrogen-bond acceptors (Lipinski definition) is 3. The third-order valence-corrected chi connectivity index (χ3v) is 3.76. The van der Waals surface area contributed by atoms with E-state index in [2.05, 4.69) is 4.98 Å². The molecule has 1 aliphatic rings. The van der Waals surface area contributed by atoms with Gasteiger partial charge in [-0.15, -0.1) is 0 Å². The number of halogens is 2. The fourth-order valence-electron chi connectivity index (χ4n) is 2.82. The minimum Gasteiger partial charge on any atom is -0.391 e. The predicted octanol–water partition coefficient (Wildman–Crippen LogP) is 2.98. The molecule has 3 nitrogen and oxygen atoms in total. The molecule has 2 heterocycles. The van der Waals surface area contributed by atoms with Gasteiger partial charge in [-0.05, 0) is 43.7 Å². The second kappa shape index (κ2) is 5.41. The molecule has 0 radical (unpaired) electrons. The van der Waals surface area contributed by atoms with Crippen LogP contribution < -0.4 is 4.90 Å². The molecule has 2 unspecified atom stereocenters. The first-order valence-electron chi connectivity index (χ1n) is 6.88. The fraction of sp³-hybridized carbons (Fsp3) is 0.312. The maximum absolute atomic E-state index is 14.0. The molecule has 1 saturated heterocycles. The van der Waals surface area contributed by atoms with Crippen LogP contribution in [-0.4, -0.2) is 22.7 Å². The van der Waals surface area contributed by atoms with Crippen LogP contribution in [-0.2, 0) is 0 Å². The lowest BCUT2D eigenvalue weighted by molar-refractivity contribution is 0.194. The zero-order chi connectivity index (χ0) is 15.0. The van der Waals surface area contributed by atoms with Crippen molar-refractivity contribution in [1.29, 1.82) is 0 Å². The molecule has 0 saturated carbocycles. The van der Waals surface area contributed by atoms with E-state index in [4.69, 9.17) is 0 Å². The molecule has 21 heavy (non-hydrogen) atoms. The monoisotopic (exact) mass is 290 g/mol. The molecular formula is C16H16F2N2O. The molecule has 1 aliphatic heterocycles. The van der Waals surface area contributed by atoms with Crippen molar-refractivity contribution in [2.24, 2.45) is 0 Å². The van der Waals surface area contributed by atoms with Crippen molar-refractivity contribution in [3.63, 3.8) is 0 Å². The number of pyridine rings is 1. The van der Waals surface area contributed by atoms with Gasteiger partial charge >= 0.3 is 0 Å². The highest BCUT2D eigenvalue weighted by Gasteiger charge is 2.34. The van der Waals surface area contributed by atoms with Crippen LogP contribution >= 0.6 is 0 Å². The highest BCUT2D eigenvalue weighted by atomic mass is 19.1. The number of anilines is 1. The van der Waals surface area contributed by atoms with Gasteiger partial charge in [-0.25, -0.2) is 13.8 Å². The quantitative estimate of drug-likeness (QED) is 0.923. The molecule has 3 rings (SSSR count). The largest absolute Gasteiger partial charge is 0.391 e. The molecule has 1 N–H and O–H groups in total. The predicted molar refractivity (Wildman–Crippen MR) is 76.0 cm³/mol. The third-order valence-electron chi connectivity index (χ3n) is 3.76. The van der Waals surface area contributed by atoms with Gasteiger partial charge in [0.2, 0.25) is 0 Å². The van der Waals surface area contributed by atoms with E-state index in [9.17, 15) is 13.9 Å². The first kappa shape index (κ1) is 13.9. The molecule has 2 atom stereocenters. The normalized spacial score (nSPS) is 21.8. The molecule has 0 spiro atoms. The van der Waals surface area contributed by atoms with Crippen molar-refractivity contribution in [1.82, 2.24) is 4.98 Å². The lowest BCUT2D eigenvalue weighted by atomic mass is 10.0. The number of β-amino-alcohol motifs (C(OH)–C–C–N with tert-alkyl or cyclic N) is 1. The van der Waals surface area contributed by atoms with Gasteiger partial charge in [0, 0.05) is 17.8 Å². The van der Waals surface area contributed by atoms with Gasteiger partial charge in [0.1, 0.15) is 17.5 Å². The lowest BCUT2D eigenvalue weighted by Crippen LogP contribution is -2.26. The lowest BCUT2D eigenvalue weighted by Gasteiger charge is -2.26. The maximum atomic E-state index is 14.0. The number of benzene rings is 1. The average molecular weight is 290 g/mol. The van der Waals surface area contributed by atoms with Crippen molar-refractivity contribution in [2.45, 2.75) is 25.5 Å². The van der Waals surface area contributed by atoms with Crippen LogP contribution in [0.4, 0.5) is 14.6 Å². The van der Waals surface area contributed by atoms with E-state index in [0.717, 1.165) is 17.8 Å². The number of rotatable bonds is 2. The minimum atomic E-state index is -0.583. The summed E-state index contributed by atoms with van der Waals surface area (Å²) in [4.78, 5) is 6.24. The Morgan fingerprint density at radius 3 is 2.81 bits per heavy atom. The van der Waals surface area contributed by atoms with E-state index >= 15 is 0 Å². The number of aryl methyl sites for hydroxylation is 1. The van der Waals surface area contributed by atoms with Crippen LogP contribution in [0.1, 0.15) is 23.7 Å². The Hall–Kier alpha value is -2.01. The topological polar surface area (TPSA) is 36.4 Å². The number of hydrogen-bond donors (Lipinski definition) is 1. The smallest absolute Gasteiger partial charge is 0.129 e. The zero-order valence-corrected chi connectivity index (χ0v) is 11.6. The average Bonchev–Trinajstić information content (AvgIpc) is 2.83. The molecule has 110 valence electrons. The van der Waals surface area contributed by atoms with Gasteiger partial charge in [0.05, 0.1) is 12.1 Å². The van der Waals surface area contributed by atoms with E-state index < -0.39 is 23.8 Å². The minimum absolute atomic E-state index is 0.259. The molecule has 1 fully saturated rings. The maximum Gasteiger partial charge on any atom is 0.129 e. The summed E-state index contributed by atoms with van der Waals surface area (Å²) in [5, 5.41) is 9.94. The van der Waals surface area contributed by atoms with Crippen molar-refractivity contribution < 1.29 is 13.9 Å². The zero-order valence-electron chi connectivity index (χ0n) is 11.6. The standard InChI is InChI=1S/C16H16F2N2O/c1-10-3-2-4-16(19-10)20-9-12(21)8-15(20)13-7-11(17)5-6-14(13)18/h2-7,12,15,21H,8-9H2,1H3. The second-order valence-electron chi connectivity index (χ2n) is 5.36. The summed E-state index contributed by atoms with van der Waals surface area (Å²) in [6.45, 7) is 2.23. The van der Waals surface area contributed by atoms with E-state index in [0.29, 0.717) is 18.8 Å². The highest BCUT2D eigenvalue weighted by Crippen LogP contribution is 2.36. The summed E-state index contributed by atoms with van der Waals surface area (Å²) in [5.74, 6) is -0.279. The Balaban J connectivity index is 2.01. The van der Waals surface area contributed by atoms with Gasteiger partial charge in [-0.3, -0.25) is 0 Å². The van der Waals surface area contributed by atoms with Crippen molar-refractivity contribution in [2.75, 3.05) is 11.4 Å². The number of aromatic nitrogens is 1. The van der Waals surface area contributed by atoms with Gasteiger partial charge < -0.3 is 10.0 Å². The SMILES string of the molecule is Cc1cccc(N2CC(O)CC2c2cc(F)ccc2F)n1. The highest BCUT2D eigenvalue weighted by molar-refractivity contribution is 5.45. The van der Waals surface area contributed by atoms with Crippen LogP contribution in [0.3, 0.4) is 0 Å². The first-order chi connectivity index (χ1) is 10.0. The summed E-state index contributed by atoms with van der Waals surface area (Å²) in [6, 6.07) is 8.55. The number of aliphatic hydroxyl groups excluding tert-OH is 1. The van der Waals surface area contributed by atoms with Gasteiger partial charge in [0.25, 0.3) is 0 Å². The summed E-state index contributed by atoms with van der Waals surface area (Å²) in [7, 11) is 0. The Morgan fingerprint density at radius 2 is 2.05 bits per heavy atom. The molecule has 1 aromatic carbocycles. The summed E-state index contributed by atoms with van der Waals surface area (Å²) < 4.78 is 27.4. The first-order valence-corrected chi connectivity index (χ1v) is 6.88. The van der Waals surface area contributed by atoms with E-state index in [1.54, 1.807) is 0 Å². The van der Waals surface area contributed by atoms with Crippen molar-refractivity contribution >= 4 is 5.82 Å². The van der Waals surface area contributed by atoms with Crippen molar-refractivity contribution in [3.8, 4) is 0 Å². The molecular weight excluding hydrogens is 274 g/mol. The van der Waals surface area contributed by atoms with Gasteiger partial charge in [-0.1, -0.05) is 6.07 Å². The van der Waals surface area contributed by atoms with E-state index in [1.165, 1.54) is 6.07 Å². The fourth-order valence-corrected chi connectivity index (χ4v) is 2.82. The van der Waals surface area contributed by atoms with Crippen LogP contribution in [0.5, 0.6) is 0 Å².